The highest BCUT2D eigenvalue weighted by Crippen LogP contribution is 2.43. The molecule has 1 saturated heterocycles. The number of aliphatic hydroxyl groups excluding tert-OH is 1. The largest absolute Gasteiger partial charge is 0.393 e. The van der Waals surface area contributed by atoms with Gasteiger partial charge in [-0.05, 0) is 25.2 Å². The Morgan fingerprint density at radius 1 is 1.25 bits per heavy atom. The summed E-state index contributed by atoms with van der Waals surface area (Å²) in [6.07, 6.45) is 6.36. The molecule has 2 fully saturated rings. The second-order valence-corrected chi connectivity index (χ2v) is 5.92. The highest BCUT2D eigenvalue weighted by molar-refractivity contribution is 8.00. The van der Waals surface area contributed by atoms with E-state index in [-0.39, 0.29) is 6.10 Å². The van der Waals surface area contributed by atoms with Crippen molar-refractivity contribution in [3.05, 3.63) is 0 Å². The zero-order valence-electron chi connectivity index (χ0n) is 7.70. The van der Waals surface area contributed by atoms with Gasteiger partial charge in [-0.3, -0.25) is 0 Å². The molecule has 0 spiro atoms. The highest BCUT2D eigenvalue weighted by atomic mass is 32.2. The van der Waals surface area contributed by atoms with Gasteiger partial charge in [-0.15, -0.1) is 0 Å². The fraction of sp³-hybridized carbons (Fsp3) is 1.00. The first kappa shape index (κ1) is 8.89. The predicted molar refractivity (Wildman–Crippen MR) is 53.4 cm³/mol. The van der Waals surface area contributed by atoms with E-state index in [2.05, 4.69) is 18.7 Å². The minimum absolute atomic E-state index is 0.00606. The Labute approximate surface area is 78.9 Å². The number of rotatable bonds is 0. The number of hydrogen-bond donors (Lipinski definition) is 1. The van der Waals surface area contributed by atoms with Crippen LogP contribution in [0.25, 0.3) is 0 Å². The number of thioether (sulfide) groups is 1. The second kappa shape index (κ2) is 3.59. The Morgan fingerprint density at radius 2 is 2.00 bits per heavy atom. The first-order valence-electron chi connectivity index (χ1n) is 5.11. The van der Waals surface area contributed by atoms with E-state index in [1.807, 2.05) is 0 Å². The van der Waals surface area contributed by atoms with Gasteiger partial charge in [0.25, 0.3) is 0 Å². The van der Waals surface area contributed by atoms with Gasteiger partial charge in [-0.1, -0.05) is 19.8 Å². The van der Waals surface area contributed by atoms with Crippen LogP contribution in [-0.4, -0.2) is 21.7 Å². The van der Waals surface area contributed by atoms with Crippen molar-refractivity contribution >= 4 is 11.8 Å². The Bertz CT molecular complexity index is 160. The lowest BCUT2D eigenvalue weighted by molar-refractivity contribution is 0.0753. The molecule has 0 amide bonds. The summed E-state index contributed by atoms with van der Waals surface area (Å²) in [6.45, 7) is 2.25. The first-order chi connectivity index (χ1) is 5.77. The lowest BCUT2D eigenvalue weighted by atomic mass is 9.83. The number of hydrogen-bond acceptors (Lipinski definition) is 2. The summed E-state index contributed by atoms with van der Waals surface area (Å²) in [5.41, 5.74) is 0. The van der Waals surface area contributed by atoms with Crippen molar-refractivity contribution in [1.29, 1.82) is 0 Å². The van der Waals surface area contributed by atoms with Gasteiger partial charge in [-0.2, -0.15) is 11.8 Å². The van der Waals surface area contributed by atoms with Crippen molar-refractivity contribution in [2.45, 2.75) is 55.6 Å². The molecule has 2 aliphatic rings. The molecule has 0 aromatic heterocycles. The lowest BCUT2D eigenvalue weighted by Crippen LogP contribution is -2.39. The summed E-state index contributed by atoms with van der Waals surface area (Å²) in [7, 11) is 0. The predicted octanol–water partition coefficient (Wildman–Crippen LogP) is 2.43. The van der Waals surface area contributed by atoms with E-state index < -0.39 is 0 Å². The minimum Gasteiger partial charge on any atom is -0.393 e. The van der Waals surface area contributed by atoms with Crippen molar-refractivity contribution < 1.29 is 5.11 Å². The van der Waals surface area contributed by atoms with E-state index in [4.69, 9.17) is 0 Å². The van der Waals surface area contributed by atoms with Crippen LogP contribution in [0, 0.1) is 5.92 Å². The number of fused-ring (bicyclic) bond motifs is 1. The average Bonchev–Trinajstić information content (AvgIpc) is 2.04. The van der Waals surface area contributed by atoms with E-state index in [9.17, 15) is 5.11 Å². The minimum atomic E-state index is 0.00606. The molecular weight excluding hydrogens is 168 g/mol. The molecule has 0 aromatic carbocycles. The van der Waals surface area contributed by atoms with Crippen LogP contribution in [0.3, 0.4) is 0 Å². The van der Waals surface area contributed by atoms with E-state index in [1.165, 1.54) is 25.7 Å². The molecule has 1 nitrogen and oxygen atoms in total. The summed E-state index contributed by atoms with van der Waals surface area (Å²) in [5, 5.41) is 11.3. The van der Waals surface area contributed by atoms with Gasteiger partial charge in [0.05, 0.1) is 6.10 Å². The number of aliphatic hydroxyl groups is 1. The van der Waals surface area contributed by atoms with Crippen LogP contribution in [0.1, 0.15) is 39.0 Å². The van der Waals surface area contributed by atoms with Crippen LogP contribution < -0.4 is 0 Å². The van der Waals surface area contributed by atoms with Crippen LogP contribution in [0.15, 0.2) is 0 Å². The van der Waals surface area contributed by atoms with Crippen LogP contribution in [-0.2, 0) is 0 Å². The van der Waals surface area contributed by atoms with Gasteiger partial charge in [0, 0.05) is 10.5 Å². The van der Waals surface area contributed by atoms with Gasteiger partial charge in [-0.25, -0.2) is 0 Å². The molecule has 70 valence electrons. The molecule has 1 saturated carbocycles. The quantitative estimate of drug-likeness (QED) is 0.627. The van der Waals surface area contributed by atoms with Crippen molar-refractivity contribution in [3.8, 4) is 0 Å². The SMILES string of the molecule is C[C@@H]1C[C@H](O)[C@@H]2CCCC[C@@H]2S1. The zero-order chi connectivity index (χ0) is 8.55. The first-order valence-corrected chi connectivity index (χ1v) is 6.05. The highest BCUT2D eigenvalue weighted by Gasteiger charge is 2.36. The third kappa shape index (κ3) is 1.64. The molecular formula is C10H18OS. The van der Waals surface area contributed by atoms with Crippen molar-refractivity contribution in [3.63, 3.8) is 0 Å². The third-order valence-electron chi connectivity index (χ3n) is 3.23. The van der Waals surface area contributed by atoms with Gasteiger partial charge in [0.2, 0.25) is 0 Å². The van der Waals surface area contributed by atoms with Crippen LogP contribution in [0.5, 0.6) is 0 Å². The summed E-state index contributed by atoms with van der Waals surface area (Å²) >= 11 is 2.11. The van der Waals surface area contributed by atoms with Gasteiger partial charge >= 0.3 is 0 Å². The van der Waals surface area contributed by atoms with Crippen LogP contribution in [0.2, 0.25) is 0 Å². The molecule has 0 bridgehead atoms. The molecule has 2 rings (SSSR count). The second-order valence-electron chi connectivity index (χ2n) is 4.24. The maximum Gasteiger partial charge on any atom is 0.0589 e. The molecule has 1 heterocycles. The molecule has 1 aliphatic carbocycles. The van der Waals surface area contributed by atoms with E-state index in [0.717, 1.165) is 11.7 Å². The van der Waals surface area contributed by atoms with Crippen LogP contribution in [0.4, 0.5) is 0 Å². The van der Waals surface area contributed by atoms with E-state index in [1.54, 1.807) is 0 Å². The molecule has 0 unspecified atom stereocenters. The Kier molecular flexibility index (Phi) is 2.66. The standard InChI is InChI=1S/C10H18OS/c1-7-6-9(11)8-4-2-3-5-10(8)12-7/h7-11H,2-6H2,1H3/t7-,8+,9+,10+/m1/s1. The summed E-state index contributed by atoms with van der Waals surface area (Å²) in [6, 6.07) is 0. The maximum atomic E-state index is 9.86. The van der Waals surface area contributed by atoms with Crippen molar-refractivity contribution in [2.75, 3.05) is 0 Å². The Morgan fingerprint density at radius 3 is 2.83 bits per heavy atom. The fourth-order valence-corrected chi connectivity index (χ4v) is 4.33. The summed E-state index contributed by atoms with van der Waals surface area (Å²) in [4.78, 5) is 0. The topological polar surface area (TPSA) is 20.2 Å². The molecule has 0 aromatic rings. The molecule has 2 heteroatoms. The van der Waals surface area contributed by atoms with E-state index in [0.29, 0.717) is 11.2 Å². The summed E-state index contributed by atoms with van der Waals surface area (Å²) in [5.74, 6) is 0.625. The smallest absolute Gasteiger partial charge is 0.0589 e. The van der Waals surface area contributed by atoms with Gasteiger partial charge in [0.15, 0.2) is 0 Å². The van der Waals surface area contributed by atoms with Gasteiger partial charge < -0.3 is 5.11 Å². The lowest BCUT2D eigenvalue weighted by Gasteiger charge is -2.41. The summed E-state index contributed by atoms with van der Waals surface area (Å²) < 4.78 is 0. The normalized spacial score (nSPS) is 48.5. The third-order valence-corrected chi connectivity index (χ3v) is 4.82. The van der Waals surface area contributed by atoms with E-state index >= 15 is 0 Å². The molecule has 1 aliphatic heterocycles. The van der Waals surface area contributed by atoms with Gasteiger partial charge in [0.1, 0.15) is 0 Å². The molecule has 12 heavy (non-hydrogen) atoms. The van der Waals surface area contributed by atoms with Crippen molar-refractivity contribution in [2.24, 2.45) is 5.92 Å². The maximum absolute atomic E-state index is 9.86. The van der Waals surface area contributed by atoms with Crippen molar-refractivity contribution in [1.82, 2.24) is 0 Å². The van der Waals surface area contributed by atoms with Crippen LogP contribution >= 0.6 is 11.8 Å². The fourth-order valence-electron chi connectivity index (χ4n) is 2.60. The Hall–Kier alpha value is 0.310. The molecule has 1 N–H and O–H groups in total. The Balaban J connectivity index is 2.01. The molecule has 0 radical (unpaired) electrons. The average molecular weight is 186 g/mol. The monoisotopic (exact) mass is 186 g/mol. The molecule has 4 atom stereocenters. The zero-order valence-corrected chi connectivity index (χ0v) is 8.52.